The van der Waals surface area contributed by atoms with Gasteiger partial charge in [0.25, 0.3) is 0 Å². The molecule has 1 aromatic heterocycles. The molecular formula is C29H27BrN6O2S2. The van der Waals surface area contributed by atoms with Crippen molar-refractivity contribution in [3.8, 4) is 6.07 Å². The van der Waals surface area contributed by atoms with Gasteiger partial charge in [0.1, 0.15) is 5.82 Å². The molecule has 0 saturated carbocycles. The van der Waals surface area contributed by atoms with Crippen molar-refractivity contribution in [2.75, 3.05) is 16.0 Å². The Morgan fingerprint density at radius 2 is 1.95 bits per heavy atom. The van der Waals surface area contributed by atoms with Crippen molar-refractivity contribution in [3.63, 3.8) is 0 Å². The molecular weight excluding hydrogens is 608 g/mol. The number of carbonyl (C=O) groups is 2. The maximum Gasteiger partial charge on any atom is 0.234 e. The highest BCUT2D eigenvalue weighted by molar-refractivity contribution is 9.10. The highest BCUT2D eigenvalue weighted by Crippen LogP contribution is 2.51. The van der Waals surface area contributed by atoms with Crippen molar-refractivity contribution in [1.82, 2.24) is 10.2 Å². The van der Waals surface area contributed by atoms with Gasteiger partial charge in [-0.3, -0.25) is 14.5 Å². The van der Waals surface area contributed by atoms with Gasteiger partial charge in [-0.2, -0.15) is 5.26 Å². The van der Waals surface area contributed by atoms with Crippen LogP contribution in [0.2, 0.25) is 0 Å². The van der Waals surface area contributed by atoms with Gasteiger partial charge in [-0.1, -0.05) is 88.8 Å². The number of halogens is 1. The molecule has 2 aliphatic rings. The number of nitrogens with one attached hydrogen (secondary N) is 1. The summed E-state index contributed by atoms with van der Waals surface area (Å²) < 4.78 is 1.38. The number of aromatic nitrogens is 2. The maximum absolute atomic E-state index is 13.7. The first-order valence-electron chi connectivity index (χ1n) is 12.6. The summed E-state index contributed by atoms with van der Waals surface area (Å²) >= 11 is 6.15. The van der Waals surface area contributed by atoms with Crippen LogP contribution in [0.15, 0.2) is 80.0 Å². The van der Waals surface area contributed by atoms with Crippen LogP contribution in [0.3, 0.4) is 0 Å². The summed E-state index contributed by atoms with van der Waals surface area (Å²) in [5.41, 5.74) is 10.7. The first-order valence-corrected chi connectivity index (χ1v) is 15.2. The van der Waals surface area contributed by atoms with Crippen molar-refractivity contribution in [2.45, 2.75) is 43.9 Å². The fraction of sp³-hybridized carbons (Fsp3) is 0.276. The van der Waals surface area contributed by atoms with Gasteiger partial charge in [0, 0.05) is 27.9 Å². The van der Waals surface area contributed by atoms with E-state index in [9.17, 15) is 14.9 Å². The molecule has 0 radical (unpaired) electrons. The predicted octanol–water partition coefficient (Wildman–Crippen LogP) is 6.28. The average molecular weight is 636 g/mol. The predicted molar refractivity (Wildman–Crippen MR) is 162 cm³/mol. The minimum atomic E-state index is -0.581. The van der Waals surface area contributed by atoms with E-state index in [2.05, 4.69) is 37.5 Å². The molecule has 2 aromatic carbocycles. The van der Waals surface area contributed by atoms with Crippen LogP contribution in [0.1, 0.15) is 43.7 Å². The number of hydrogen-bond donors (Lipinski definition) is 2. The van der Waals surface area contributed by atoms with Gasteiger partial charge in [0.15, 0.2) is 10.1 Å². The number of thioether (sulfide) groups is 1. The molecule has 1 aliphatic heterocycles. The minimum absolute atomic E-state index is 0.0101. The second kappa shape index (κ2) is 11.2. The number of rotatable bonds is 6. The molecule has 40 heavy (non-hydrogen) atoms. The summed E-state index contributed by atoms with van der Waals surface area (Å²) in [6, 6.07) is 17.5. The first-order chi connectivity index (χ1) is 19.1. The molecule has 1 atom stereocenters. The van der Waals surface area contributed by atoms with Crippen molar-refractivity contribution >= 4 is 61.5 Å². The number of nitriles is 1. The molecule has 8 nitrogen and oxygen atoms in total. The zero-order valence-corrected chi connectivity index (χ0v) is 25.4. The molecule has 1 unspecified atom stereocenters. The summed E-state index contributed by atoms with van der Waals surface area (Å²) in [5.74, 6) is -0.360. The lowest BCUT2D eigenvalue weighted by molar-refractivity contribution is -0.118. The molecule has 0 bridgehead atoms. The number of Topliss-reactive ketones (excluding diaryl/α,β-unsaturated/α-hetero) is 1. The van der Waals surface area contributed by atoms with Gasteiger partial charge in [-0.25, -0.2) is 0 Å². The SMILES string of the molecule is Cc1ccc(NC(=O)CSc2nnc(N3C(N)=C(C#N)C(c4ccccc4Br)C4=C3CC(C)(C)CC4=O)s2)cc1. The number of nitrogens with two attached hydrogens (primary N) is 1. The Hall–Kier alpha value is -3.46. The third kappa shape index (κ3) is 5.57. The fourth-order valence-electron chi connectivity index (χ4n) is 5.06. The standard InChI is InChI=1S/C29H27BrN6O2S2/c1-16-8-10-17(11-9-16)33-23(38)15-39-28-35-34-27(40-28)36-21-12-29(2,3)13-22(37)25(21)24(19(14-31)26(36)32)18-6-4-5-7-20(18)30/h4-11,24H,12-13,15,32H2,1-3H3,(H,33,38). The normalized spacial score (nSPS) is 18.4. The van der Waals surface area contributed by atoms with E-state index < -0.39 is 5.92 Å². The fourth-order valence-corrected chi connectivity index (χ4v) is 7.25. The van der Waals surface area contributed by atoms with Crippen molar-refractivity contribution in [2.24, 2.45) is 11.1 Å². The third-order valence-corrected chi connectivity index (χ3v) is 9.61. The molecule has 1 aliphatic carbocycles. The minimum Gasteiger partial charge on any atom is -0.384 e. The number of amides is 1. The van der Waals surface area contributed by atoms with E-state index in [1.165, 1.54) is 23.1 Å². The van der Waals surface area contributed by atoms with Crippen LogP contribution in [0, 0.1) is 23.7 Å². The molecule has 2 heterocycles. The zero-order valence-electron chi connectivity index (χ0n) is 22.2. The van der Waals surface area contributed by atoms with E-state index >= 15 is 0 Å². The quantitative estimate of drug-likeness (QED) is 0.303. The van der Waals surface area contributed by atoms with Gasteiger partial charge in [0.2, 0.25) is 11.0 Å². The Morgan fingerprint density at radius 3 is 2.65 bits per heavy atom. The van der Waals surface area contributed by atoms with Crippen LogP contribution in [-0.4, -0.2) is 27.6 Å². The lowest BCUT2D eigenvalue weighted by atomic mass is 9.69. The second-order valence-electron chi connectivity index (χ2n) is 10.6. The molecule has 0 spiro atoms. The molecule has 3 aromatic rings. The largest absolute Gasteiger partial charge is 0.384 e. The van der Waals surface area contributed by atoms with E-state index in [0.29, 0.717) is 33.5 Å². The average Bonchev–Trinajstić information content (AvgIpc) is 3.36. The molecule has 3 N–H and O–H groups in total. The van der Waals surface area contributed by atoms with E-state index in [-0.39, 0.29) is 28.7 Å². The monoisotopic (exact) mass is 634 g/mol. The molecule has 5 rings (SSSR count). The number of anilines is 2. The maximum atomic E-state index is 13.7. The van der Waals surface area contributed by atoms with Crippen LogP contribution in [0.4, 0.5) is 10.8 Å². The molecule has 0 saturated heterocycles. The van der Waals surface area contributed by atoms with Crippen LogP contribution >= 0.6 is 39.0 Å². The molecule has 204 valence electrons. The van der Waals surface area contributed by atoms with Crippen LogP contribution < -0.4 is 16.0 Å². The number of ketones is 1. The van der Waals surface area contributed by atoms with E-state index in [4.69, 9.17) is 5.73 Å². The highest BCUT2D eigenvalue weighted by Gasteiger charge is 2.45. The van der Waals surface area contributed by atoms with Crippen molar-refractivity contribution in [1.29, 1.82) is 5.26 Å². The molecule has 0 fully saturated rings. The van der Waals surface area contributed by atoms with E-state index in [0.717, 1.165) is 27.0 Å². The lowest BCUT2D eigenvalue weighted by Crippen LogP contribution is -2.42. The number of hydrogen-bond acceptors (Lipinski definition) is 9. The summed E-state index contributed by atoms with van der Waals surface area (Å²) in [6.45, 7) is 6.09. The second-order valence-corrected chi connectivity index (χ2v) is 13.6. The van der Waals surface area contributed by atoms with Crippen molar-refractivity contribution in [3.05, 3.63) is 86.8 Å². The summed E-state index contributed by atoms with van der Waals surface area (Å²) in [7, 11) is 0. The van der Waals surface area contributed by atoms with Gasteiger partial charge < -0.3 is 11.1 Å². The van der Waals surface area contributed by atoms with Crippen LogP contribution in [-0.2, 0) is 9.59 Å². The van der Waals surface area contributed by atoms with Gasteiger partial charge in [-0.15, -0.1) is 10.2 Å². The molecule has 11 heteroatoms. The van der Waals surface area contributed by atoms with Gasteiger partial charge >= 0.3 is 0 Å². The Morgan fingerprint density at radius 1 is 1.23 bits per heavy atom. The summed E-state index contributed by atoms with van der Waals surface area (Å²) in [4.78, 5) is 27.9. The van der Waals surface area contributed by atoms with Crippen LogP contribution in [0.5, 0.6) is 0 Å². The Balaban J connectivity index is 1.47. The van der Waals surface area contributed by atoms with E-state index in [1.807, 2.05) is 69.3 Å². The third-order valence-electron chi connectivity index (χ3n) is 6.85. The smallest absolute Gasteiger partial charge is 0.234 e. The highest BCUT2D eigenvalue weighted by atomic mass is 79.9. The topological polar surface area (TPSA) is 125 Å². The number of carbonyl (C=O) groups excluding carboxylic acids is 2. The Kier molecular flexibility index (Phi) is 7.86. The number of aryl methyl sites for hydroxylation is 1. The number of allylic oxidation sites excluding steroid dienone is 3. The van der Waals surface area contributed by atoms with Crippen LogP contribution in [0.25, 0.3) is 0 Å². The molecule has 1 amide bonds. The number of nitrogens with zero attached hydrogens (tertiary/aromatic N) is 4. The Labute approximate surface area is 249 Å². The van der Waals surface area contributed by atoms with E-state index in [1.54, 1.807) is 4.90 Å². The summed E-state index contributed by atoms with van der Waals surface area (Å²) in [5, 5.41) is 22.3. The van der Waals surface area contributed by atoms with Gasteiger partial charge in [0.05, 0.1) is 23.3 Å². The lowest BCUT2D eigenvalue weighted by Gasteiger charge is -2.42. The Bertz CT molecular complexity index is 1600. The first kappa shape index (κ1) is 28.1. The zero-order chi connectivity index (χ0) is 28.6. The summed E-state index contributed by atoms with van der Waals surface area (Å²) in [6.07, 6.45) is 0.946. The number of benzene rings is 2. The van der Waals surface area contributed by atoms with Crippen molar-refractivity contribution < 1.29 is 9.59 Å². The van der Waals surface area contributed by atoms with Gasteiger partial charge in [-0.05, 0) is 42.5 Å².